The molecule has 0 spiro atoms. The van der Waals surface area contributed by atoms with Crippen LogP contribution in [0.25, 0.3) is 0 Å². The monoisotopic (exact) mass is 277 g/mol. The van der Waals surface area contributed by atoms with Crippen molar-refractivity contribution in [2.45, 2.75) is 45.8 Å². The van der Waals surface area contributed by atoms with Crippen LogP contribution < -0.4 is 5.32 Å². The smallest absolute Gasteiger partial charge is 0.0593 e. The van der Waals surface area contributed by atoms with Crippen LogP contribution in [-0.4, -0.2) is 41.7 Å². The molecule has 0 saturated carbocycles. The highest BCUT2D eigenvalue weighted by Crippen LogP contribution is 2.08. The molecule has 1 N–H and O–H groups in total. The molecule has 0 unspecified atom stereocenters. The van der Waals surface area contributed by atoms with Crippen LogP contribution in [0.1, 0.15) is 38.6 Å². The van der Waals surface area contributed by atoms with Gasteiger partial charge < -0.3 is 10.1 Å². The number of pyridine rings is 1. The summed E-state index contributed by atoms with van der Waals surface area (Å²) in [7, 11) is 0. The molecule has 4 nitrogen and oxygen atoms in total. The van der Waals surface area contributed by atoms with Crippen molar-refractivity contribution >= 4 is 0 Å². The molecule has 0 atom stereocenters. The maximum Gasteiger partial charge on any atom is 0.0593 e. The van der Waals surface area contributed by atoms with E-state index < -0.39 is 0 Å². The van der Waals surface area contributed by atoms with Gasteiger partial charge in [-0.2, -0.15) is 0 Å². The van der Waals surface area contributed by atoms with E-state index >= 15 is 0 Å². The molecule has 20 heavy (non-hydrogen) atoms. The second-order valence-electron chi connectivity index (χ2n) is 6.47. The van der Waals surface area contributed by atoms with E-state index in [-0.39, 0.29) is 5.54 Å². The molecule has 0 radical (unpaired) electrons. The zero-order chi connectivity index (χ0) is 14.4. The van der Waals surface area contributed by atoms with Crippen molar-refractivity contribution in [1.82, 2.24) is 15.2 Å². The Hall–Kier alpha value is -0.970. The fourth-order valence-corrected chi connectivity index (χ4v) is 2.26. The normalized spacial score (nSPS) is 17.9. The maximum absolute atomic E-state index is 5.49. The first-order chi connectivity index (χ1) is 9.53. The average molecular weight is 277 g/mol. The molecule has 0 bridgehead atoms. The predicted molar refractivity (Wildman–Crippen MR) is 81.5 cm³/mol. The highest BCUT2D eigenvalue weighted by atomic mass is 16.5. The zero-order valence-electron chi connectivity index (χ0n) is 13.0. The first-order valence-electron chi connectivity index (χ1n) is 7.53. The van der Waals surface area contributed by atoms with E-state index in [0.717, 1.165) is 57.2 Å². The zero-order valence-corrected chi connectivity index (χ0v) is 13.0. The Balaban J connectivity index is 1.91. The number of aromatic nitrogens is 1. The summed E-state index contributed by atoms with van der Waals surface area (Å²) in [4.78, 5) is 7.18. The molecule has 0 aromatic carbocycles. The highest BCUT2D eigenvalue weighted by Gasteiger charge is 2.12. The lowest BCUT2D eigenvalue weighted by Gasteiger charge is -2.21. The first kappa shape index (κ1) is 15.4. The molecule has 2 rings (SSSR count). The topological polar surface area (TPSA) is 37.4 Å². The summed E-state index contributed by atoms with van der Waals surface area (Å²) in [5.74, 6) is 0. The Bertz CT molecular complexity index is 406. The minimum atomic E-state index is 0.125. The van der Waals surface area contributed by atoms with E-state index in [9.17, 15) is 0 Å². The standard InChI is InChI=1S/C16H27N3O/c1-16(2,3)17-12-14-6-4-7-15(18-14)13-19-8-5-10-20-11-9-19/h4,6-7,17H,5,8-13H2,1-3H3. The first-order valence-corrected chi connectivity index (χ1v) is 7.53. The van der Waals surface area contributed by atoms with Crippen LogP contribution in [0.3, 0.4) is 0 Å². The van der Waals surface area contributed by atoms with Gasteiger partial charge in [0.1, 0.15) is 0 Å². The van der Waals surface area contributed by atoms with Crippen LogP contribution in [0.5, 0.6) is 0 Å². The van der Waals surface area contributed by atoms with Crippen molar-refractivity contribution < 1.29 is 4.74 Å². The third-order valence-electron chi connectivity index (χ3n) is 3.36. The molecule has 1 fully saturated rings. The molecule has 1 aliphatic rings. The summed E-state index contributed by atoms with van der Waals surface area (Å²) in [6, 6.07) is 6.32. The molecular formula is C16H27N3O. The van der Waals surface area contributed by atoms with Crippen molar-refractivity contribution in [3.8, 4) is 0 Å². The van der Waals surface area contributed by atoms with Gasteiger partial charge in [0.05, 0.1) is 18.0 Å². The fraction of sp³-hybridized carbons (Fsp3) is 0.688. The van der Waals surface area contributed by atoms with Crippen LogP contribution in [0.15, 0.2) is 18.2 Å². The van der Waals surface area contributed by atoms with Gasteiger partial charge in [-0.05, 0) is 39.3 Å². The van der Waals surface area contributed by atoms with Gasteiger partial charge in [-0.25, -0.2) is 0 Å². The van der Waals surface area contributed by atoms with E-state index in [0.29, 0.717) is 0 Å². The van der Waals surface area contributed by atoms with Crippen molar-refractivity contribution in [3.63, 3.8) is 0 Å². The number of hydrogen-bond acceptors (Lipinski definition) is 4. The molecule has 112 valence electrons. The highest BCUT2D eigenvalue weighted by molar-refractivity contribution is 5.11. The van der Waals surface area contributed by atoms with Gasteiger partial charge in [-0.1, -0.05) is 6.07 Å². The van der Waals surface area contributed by atoms with Gasteiger partial charge in [0, 0.05) is 38.3 Å². The Labute approximate surface area is 122 Å². The second-order valence-corrected chi connectivity index (χ2v) is 6.47. The van der Waals surface area contributed by atoms with Gasteiger partial charge in [0.2, 0.25) is 0 Å². The lowest BCUT2D eigenvalue weighted by Crippen LogP contribution is -2.35. The van der Waals surface area contributed by atoms with Crippen LogP contribution in [0.4, 0.5) is 0 Å². The van der Waals surface area contributed by atoms with Crippen LogP contribution in [0.2, 0.25) is 0 Å². The Morgan fingerprint density at radius 1 is 1.20 bits per heavy atom. The van der Waals surface area contributed by atoms with Crippen molar-refractivity contribution in [3.05, 3.63) is 29.6 Å². The molecule has 2 heterocycles. The lowest BCUT2D eigenvalue weighted by atomic mass is 10.1. The quantitative estimate of drug-likeness (QED) is 0.915. The summed E-state index contributed by atoms with van der Waals surface area (Å²) >= 11 is 0. The number of nitrogens with one attached hydrogen (secondary N) is 1. The van der Waals surface area contributed by atoms with E-state index in [1.807, 2.05) is 0 Å². The van der Waals surface area contributed by atoms with E-state index in [1.165, 1.54) is 0 Å². The Morgan fingerprint density at radius 3 is 2.80 bits per heavy atom. The third kappa shape index (κ3) is 5.57. The molecular weight excluding hydrogens is 250 g/mol. The number of nitrogens with zero attached hydrogens (tertiary/aromatic N) is 2. The van der Waals surface area contributed by atoms with Crippen molar-refractivity contribution in [2.75, 3.05) is 26.3 Å². The Morgan fingerprint density at radius 2 is 2.00 bits per heavy atom. The maximum atomic E-state index is 5.49. The van der Waals surface area contributed by atoms with Gasteiger partial charge in [-0.15, -0.1) is 0 Å². The molecule has 1 aromatic heterocycles. The predicted octanol–water partition coefficient (Wildman–Crippen LogP) is 2.19. The summed E-state index contributed by atoms with van der Waals surface area (Å²) < 4.78 is 5.49. The van der Waals surface area contributed by atoms with Gasteiger partial charge in [-0.3, -0.25) is 9.88 Å². The van der Waals surface area contributed by atoms with Gasteiger partial charge in [0.15, 0.2) is 0 Å². The molecule has 0 aliphatic carbocycles. The molecule has 1 saturated heterocycles. The summed E-state index contributed by atoms with van der Waals surface area (Å²) in [6.45, 7) is 12.1. The summed E-state index contributed by atoms with van der Waals surface area (Å²) in [6.07, 6.45) is 1.12. The molecule has 4 heteroatoms. The average Bonchev–Trinajstić information content (AvgIpc) is 2.65. The summed E-state index contributed by atoms with van der Waals surface area (Å²) in [5.41, 5.74) is 2.39. The molecule has 1 aromatic rings. The SMILES string of the molecule is CC(C)(C)NCc1cccc(CN2CCCOCC2)n1. The van der Waals surface area contributed by atoms with E-state index in [2.05, 4.69) is 49.2 Å². The van der Waals surface area contributed by atoms with Crippen molar-refractivity contribution in [2.24, 2.45) is 0 Å². The van der Waals surface area contributed by atoms with Gasteiger partial charge >= 0.3 is 0 Å². The minimum Gasteiger partial charge on any atom is -0.380 e. The lowest BCUT2D eigenvalue weighted by molar-refractivity contribution is 0.140. The third-order valence-corrected chi connectivity index (χ3v) is 3.36. The molecule has 1 aliphatic heterocycles. The fourth-order valence-electron chi connectivity index (χ4n) is 2.26. The van der Waals surface area contributed by atoms with E-state index in [4.69, 9.17) is 9.72 Å². The number of hydrogen-bond donors (Lipinski definition) is 1. The van der Waals surface area contributed by atoms with Crippen LogP contribution in [-0.2, 0) is 17.8 Å². The number of rotatable bonds is 4. The number of ether oxygens (including phenoxy) is 1. The largest absolute Gasteiger partial charge is 0.380 e. The Kier molecular flexibility index (Phi) is 5.52. The summed E-state index contributed by atoms with van der Waals surface area (Å²) in [5, 5.41) is 3.48. The van der Waals surface area contributed by atoms with Gasteiger partial charge in [0.25, 0.3) is 0 Å². The van der Waals surface area contributed by atoms with Crippen LogP contribution in [0, 0.1) is 0 Å². The molecule has 0 amide bonds. The second kappa shape index (κ2) is 7.16. The van der Waals surface area contributed by atoms with Crippen LogP contribution >= 0.6 is 0 Å². The van der Waals surface area contributed by atoms with Crippen molar-refractivity contribution in [1.29, 1.82) is 0 Å². The van der Waals surface area contributed by atoms with E-state index in [1.54, 1.807) is 0 Å². The minimum absolute atomic E-state index is 0.125.